The Kier molecular flexibility index (Phi) is 6.85. The molecule has 0 amide bonds. The second kappa shape index (κ2) is 12.8. The average Bonchev–Trinajstić information content (AvgIpc) is 3.35. The Morgan fingerprint density at radius 1 is 0.197 bits per heavy atom. The third-order valence-electron chi connectivity index (χ3n) is 16.1. The van der Waals surface area contributed by atoms with Crippen molar-refractivity contribution in [2.45, 2.75) is 25.7 Å². The van der Waals surface area contributed by atoms with Crippen molar-refractivity contribution in [1.82, 2.24) is 0 Å². The molecule has 0 nitrogen and oxygen atoms in total. The molecule has 304 valence electrons. The summed E-state index contributed by atoms with van der Waals surface area (Å²) in [5.74, 6) is 0. The summed E-state index contributed by atoms with van der Waals surface area (Å²) in [7, 11) is 0. The van der Waals surface area contributed by atoms with Crippen LogP contribution in [0.4, 0.5) is 0 Å². The van der Waals surface area contributed by atoms with Crippen molar-refractivity contribution in [1.29, 1.82) is 0 Å². The van der Waals surface area contributed by atoms with E-state index in [1.165, 1.54) is 189 Å². The van der Waals surface area contributed by atoms with Crippen LogP contribution in [0.15, 0.2) is 194 Å². The molecule has 0 N–H and O–H groups in total. The summed E-state index contributed by atoms with van der Waals surface area (Å²) >= 11 is 0. The molecule has 0 heteroatoms. The zero-order valence-corrected chi connectivity index (χ0v) is 36.3. The summed E-state index contributed by atoms with van der Waals surface area (Å²) in [6.45, 7) is 0. The van der Waals surface area contributed by atoms with E-state index in [-0.39, 0.29) is 0 Å². The lowest BCUT2D eigenvalue weighted by atomic mass is 9.82. The van der Waals surface area contributed by atoms with E-state index in [1.54, 1.807) is 0 Å². The van der Waals surface area contributed by atoms with Crippen molar-refractivity contribution in [2.75, 3.05) is 0 Å². The molecule has 16 rings (SSSR count). The van der Waals surface area contributed by atoms with Gasteiger partial charge in [0.25, 0.3) is 0 Å². The third-order valence-corrected chi connectivity index (χ3v) is 16.1. The topological polar surface area (TPSA) is 0 Å². The van der Waals surface area contributed by atoms with Crippen molar-refractivity contribution >= 4 is 97.0 Å². The van der Waals surface area contributed by atoms with Gasteiger partial charge in [-0.25, -0.2) is 0 Å². The number of fused-ring (bicyclic) bond motifs is 7. The number of benzene rings is 14. The van der Waals surface area contributed by atoms with Gasteiger partial charge in [-0.05, 0) is 208 Å². The maximum atomic E-state index is 2.52. The van der Waals surface area contributed by atoms with Crippen molar-refractivity contribution in [3.05, 3.63) is 216 Å². The first kappa shape index (κ1) is 35.3. The van der Waals surface area contributed by atoms with Gasteiger partial charge >= 0.3 is 0 Å². The van der Waals surface area contributed by atoms with Crippen LogP contribution < -0.4 is 0 Å². The molecule has 0 saturated carbocycles. The van der Waals surface area contributed by atoms with Crippen molar-refractivity contribution in [3.8, 4) is 44.5 Å². The molecule has 2 aliphatic rings. The Bertz CT molecular complexity index is 4450. The number of hydrogen-bond acceptors (Lipinski definition) is 0. The molecule has 0 saturated heterocycles. The molecule has 14 aromatic carbocycles. The quantitative estimate of drug-likeness (QED) is 0.155. The number of rotatable bonds is 4. The second-order valence-corrected chi connectivity index (χ2v) is 19.3. The van der Waals surface area contributed by atoms with Crippen LogP contribution in [0.5, 0.6) is 0 Å². The predicted molar refractivity (Wildman–Crippen MR) is 283 cm³/mol. The fourth-order valence-electron chi connectivity index (χ4n) is 12.7. The molecule has 0 aromatic heterocycles. The molecule has 0 unspecified atom stereocenters. The predicted octanol–water partition coefficient (Wildman–Crippen LogP) is 17.8. The molecule has 0 radical (unpaired) electrons. The van der Waals surface area contributed by atoms with E-state index in [9.17, 15) is 0 Å². The summed E-state index contributed by atoms with van der Waals surface area (Å²) in [6.07, 6.45) is 4.77. The minimum absolute atomic E-state index is 1.18. The van der Waals surface area contributed by atoms with E-state index in [1.807, 2.05) is 0 Å². The van der Waals surface area contributed by atoms with Gasteiger partial charge in [-0.3, -0.25) is 0 Å². The molecule has 0 fully saturated rings. The number of hydrogen-bond donors (Lipinski definition) is 0. The van der Waals surface area contributed by atoms with Gasteiger partial charge in [0, 0.05) is 0 Å². The molecule has 0 bridgehead atoms. The minimum atomic E-state index is 1.18. The molecule has 14 aromatic rings. The Morgan fingerprint density at radius 2 is 0.621 bits per heavy atom. The lowest BCUT2D eigenvalue weighted by molar-refractivity contribution is 0.840. The van der Waals surface area contributed by atoms with Crippen molar-refractivity contribution < 1.29 is 0 Å². The molecular formula is C66H40. The van der Waals surface area contributed by atoms with E-state index >= 15 is 0 Å². The first-order valence-electron chi connectivity index (χ1n) is 23.7. The van der Waals surface area contributed by atoms with E-state index in [4.69, 9.17) is 0 Å². The van der Waals surface area contributed by atoms with Gasteiger partial charge < -0.3 is 0 Å². The second-order valence-electron chi connectivity index (χ2n) is 19.3. The molecule has 0 heterocycles. The summed E-state index contributed by atoms with van der Waals surface area (Å²) in [5.41, 5.74) is 16.4. The van der Waals surface area contributed by atoms with Crippen molar-refractivity contribution in [3.63, 3.8) is 0 Å². The molecule has 0 spiro atoms. The first-order valence-corrected chi connectivity index (χ1v) is 23.7. The normalized spacial score (nSPS) is 13.5. The highest BCUT2D eigenvalue weighted by atomic mass is 14.3. The van der Waals surface area contributed by atoms with Gasteiger partial charge in [0.15, 0.2) is 0 Å². The molecule has 66 heavy (non-hydrogen) atoms. The van der Waals surface area contributed by atoms with Crippen LogP contribution in [0.2, 0.25) is 0 Å². The zero-order valence-electron chi connectivity index (χ0n) is 36.3. The molecule has 0 aliphatic heterocycles. The molecular weight excluding hydrogens is 793 g/mol. The van der Waals surface area contributed by atoms with Crippen LogP contribution in [0.3, 0.4) is 0 Å². The lowest BCUT2D eigenvalue weighted by Gasteiger charge is -2.22. The molecule has 0 atom stereocenters. The minimum Gasteiger partial charge on any atom is -0.0616 e. The summed E-state index contributed by atoms with van der Waals surface area (Å²) in [4.78, 5) is 0. The van der Waals surface area contributed by atoms with Crippen LogP contribution in [0, 0.1) is 0 Å². The largest absolute Gasteiger partial charge is 0.0616 e. The summed E-state index contributed by atoms with van der Waals surface area (Å²) < 4.78 is 0. The fraction of sp³-hybridized carbons (Fsp3) is 0.0606. The van der Waals surface area contributed by atoms with Crippen LogP contribution in [0.1, 0.15) is 22.3 Å². The zero-order chi connectivity index (χ0) is 42.8. The average molecular weight is 833 g/mol. The maximum Gasteiger partial charge on any atom is -0.00143 e. The van der Waals surface area contributed by atoms with Crippen molar-refractivity contribution in [2.24, 2.45) is 0 Å². The fourth-order valence-corrected chi connectivity index (χ4v) is 12.7. The van der Waals surface area contributed by atoms with Gasteiger partial charge in [-0.15, -0.1) is 0 Å². The van der Waals surface area contributed by atoms with Crippen LogP contribution in [0.25, 0.3) is 141 Å². The monoisotopic (exact) mass is 832 g/mol. The summed E-state index contributed by atoms with van der Waals surface area (Å²) in [5, 5.41) is 23.6. The SMILES string of the molecule is c1cc2ccc3c(-c4ccc5c(c4)CC5)ccc4c(-c5cc6c7ccccc7c(-c7ccc8ccc9c(-c%10ccc%11c(c%10)CC%11)ccc%10ccc7c8c%109)cc6c6ccccc56)cc(c1)c2c34. The first-order chi connectivity index (χ1) is 32.7. The van der Waals surface area contributed by atoms with Gasteiger partial charge in [0.05, 0.1) is 0 Å². The highest BCUT2D eigenvalue weighted by molar-refractivity contribution is 6.33. The Balaban J connectivity index is 0.950. The third kappa shape index (κ3) is 4.68. The highest BCUT2D eigenvalue weighted by Crippen LogP contribution is 2.50. The van der Waals surface area contributed by atoms with E-state index in [0.29, 0.717) is 0 Å². The standard InChI is InChI=1S/C66H40/c1-2-9-50-49(8-1)59(53-26-21-41-23-27-54-47(44-18-14-37-12-16-42(37)32-44)25-20-40-24-29-56(53)65(41)64(40)54)35-61-52-11-4-3-10-51(52)60(36-62(50)61)58-34-46-7-5-6-39-22-28-55-48(30-31-57(58)66(55)63(39)46)45-19-15-38-13-17-43(38)33-45/h1-11,14-15,18-36H,12-13,16-17H2. The number of aryl methyl sites for hydroxylation is 4. The van der Waals surface area contributed by atoms with Crippen LogP contribution in [-0.4, -0.2) is 0 Å². The van der Waals surface area contributed by atoms with Crippen LogP contribution >= 0.6 is 0 Å². The van der Waals surface area contributed by atoms with Gasteiger partial charge in [0.1, 0.15) is 0 Å². The maximum absolute atomic E-state index is 2.52. The Labute approximate surface area is 381 Å². The van der Waals surface area contributed by atoms with E-state index in [0.717, 1.165) is 0 Å². The smallest absolute Gasteiger partial charge is 0.00143 e. The van der Waals surface area contributed by atoms with Gasteiger partial charge in [0.2, 0.25) is 0 Å². The van der Waals surface area contributed by atoms with Crippen LogP contribution in [-0.2, 0) is 25.7 Å². The Morgan fingerprint density at radius 3 is 1.20 bits per heavy atom. The van der Waals surface area contributed by atoms with Gasteiger partial charge in [-0.2, -0.15) is 0 Å². The van der Waals surface area contributed by atoms with Gasteiger partial charge in [-0.1, -0.05) is 176 Å². The lowest BCUT2D eigenvalue weighted by Crippen LogP contribution is -2.07. The summed E-state index contributed by atoms with van der Waals surface area (Å²) in [6, 6.07) is 75.2. The van der Waals surface area contributed by atoms with E-state index < -0.39 is 0 Å². The Hall–Kier alpha value is -8.06. The highest BCUT2D eigenvalue weighted by Gasteiger charge is 2.23. The molecule has 2 aliphatic carbocycles. The van der Waals surface area contributed by atoms with E-state index in [2.05, 4.69) is 194 Å².